The van der Waals surface area contributed by atoms with Gasteiger partial charge in [0.1, 0.15) is 6.61 Å². The maximum absolute atomic E-state index is 13.3. The Kier molecular flexibility index (Phi) is 6.81. The fourth-order valence-electron chi connectivity index (χ4n) is 3.63. The molecular formula is C26H25NO4S. The zero-order chi connectivity index (χ0) is 22.4. The summed E-state index contributed by atoms with van der Waals surface area (Å²) in [5.41, 5.74) is 1.62. The van der Waals surface area contributed by atoms with Gasteiger partial charge in [-0.2, -0.15) is 11.8 Å². The summed E-state index contributed by atoms with van der Waals surface area (Å²) in [5.74, 6) is 0.695. The zero-order valence-electron chi connectivity index (χ0n) is 17.8. The highest BCUT2D eigenvalue weighted by Gasteiger charge is 2.55. The summed E-state index contributed by atoms with van der Waals surface area (Å²) in [4.78, 5) is 27.7. The van der Waals surface area contributed by atoms with Crippen LogP contribution in [0.5, 0.6) is 0 Å². The number of esters is 1. The Labute approximate surface area is 192 Å². The average molecular weight is 448 g/mol. The molecule has 0 aliphatic carbocycles. The van der Waals surface area contributed by atoms with Crippen molar-refractivity contribution < 1.29 is 19.1 Å². The number of hydrogen-bond donors (Lipinski definition) is 0. The Morgan fingerprint density at radius 3 is 2.12 bits per heavy atom. The summed E-state index contributed by atoms with van der Waals surface area (Å²) >= 11 is 1.59. The van der Waals surface area contributed by atoms with E-state index in [2.05, 4.69) is 0 Å². The number of cyclic esters (lactones) is 1. The minimum absolute atomic E-state index is 0.124. The van der Waals surface area contributed by atoms with E-state index >= 15 is 0 Å². The van der Waals surface area contributed by atoms with E-state index in [4.69, 9.17) is 9.47 Å². The normalized spacial score (nSPS) is 20.1. The molecule has 0 bridgehead atoms. The first kappa shape index (κ1) is 22.0. The topological polar surface area (TPSA) is 55.8 Å². The monoisotopic (exact) mass is 447 g/mol. The molecule has 0 spiro atoms. The molecule has 1 aliphatic heterocycles. The molecule has 1 saturated heterocycles. The highest BCUT2D eigenvalue weighted by Crippen LogP contribution is 2.41. The van der Waals surface area contributed by atoms with Crippen molar-refractivity contribution in [1.82, 2.24) is 4.90 Å². The summed E-state index contributed by atoms with van der Waals surface area (Å²) in [7, 11) is 0. The maximum atomic E-state index is 13.3. The molecule has 0 aromatic heterocycles. The molecule has 4 rings (SSSR count). The van der Waals surface area contributed by atoms with E-state index in [9.17, 15) is 9.59 Å². The van der Waals surface area contributed by atoms with Gasteiger partial charge in [0.25, 0.3) is 0 Å². The molecular weight excluding hydrogens is 422 g/mol. The van der Waals surface area contributed by atoms with Crippen molar-refractivity contribution in [3.63, 3.8) is 0 Å². The standard InChI is InChI=1S/C26H25NO4S/c1-26(19-32-18-21-13-7-3-8-14-21)24(28)31-23(22-15-9-4-10-16-22)27(26)25(29)30-17-20-11-5-2-6-12-20/h2-16,23H,17-19H2,1H3/t23-,26+/m1/s1. The highest BCUT2D eigenvalue weighted by molar-refractivity contribution is 7.98. The lowest BCUT2D eigenvalue weighted by Gasteiger charge is -2.32. The van der Waals surface area contributed by atoms with Crippen molar-refractivity contribution in [2.45, 2.75) is 31.1 Å². The van der Waals surface area contributed by atoms with Gasteiger partial charge in [-0.25, -0.2) is 9.59 Å². The number of ether oxygens (including phenoxy) is 2. The summed E-state index contributed by atoms with van der Waals surface area (Å²) in [6, 6.07) is 28.8. The van der Waals surface area contributed by atoms with Crippen molar-refractivity contribution in [3.8, 4) is 0 Å². The van der Waals surface area contributed by atoms with E-state index in [0.717, 1.165) is 22.4 Å². The van der Waals surface area contributed by atoms with Gasteiger partial charge in [-0.3, -0.25) is 4.90 Å². The Hall–Kier alpha value is -3.25. The molecule has 32 heavy (non-hydrogen) atoms. The van der Waals surface area contributed by atoms with Gasteiger partial charge >= 0.3 is 12.1 Å². The molecule has 0 N–H and O–H groups in total. The van der Waals surface area contributed by atoms with Gasteiger partial charge in [0.05, 0.1) is 0 Å². The van der Waals surface area contributed by atoms with Gasteiger partial charge in [0.2, 0.25) is 6.23 Å². The lowest BCUT2D eigenvalue weighted by molar-refractivity contribution is -0.144. The van der Waals surface area contributed by atoms with E-state index in [1.54, 1.807) is 18.7 Å². The zero-order valence-corrected chi connectivity index (χ0v) is 18.7. The molecule has 164 valence electrons. The second kappa shape index (κ2) is 9.92. The fourth-order valence-corrected chi connectivity index (χ4v) is 4.81. The number of hydrogen-bond acceptors (Lipinski definition) is 5. The Balaban J connectivity index is 1.54. The Morgan fingerprint density at radius 2 is 1.50 bits per heavy atom. The number of amides is 1. The number of rotatable bonds is 7. The molecule has 1 amide bonds. The number of nitrogens with zero attached hydrogens (tertiary/aromatic N) is 1. The molecule has 0 saturated carbocycles. The molecule has 1 aliphatic rings. The van der Waals surface area contributed by atoms with E-state index in [-0.39, 0.29) is 6.61 Å². The van der Waals surface area contributed by atoms with Crippen molar-refractivity contribution in [1.29, 1.82) is 0 Å². The lowest BCUT2D eigenvalue weighted by Crippen LogP contribution is -2.51. The minimum Gasteiger partial charge on any atom is -0.444 e. The van der Waals surface area contributed by atoms with Crippen molar-refractivity contribution in [2.75, 3.05) is 5.75 Å². The van der Waals surface area contributed by atoms with Crippen LogP contribution in [0.2, 0.25) is 0 Å². The second-order valence-corrected chi connectivity index (χ2v) is 8.82. The Morgan fingerprint density at radius 1 is 0.938 bits per heavy atom. The second-order valence-electron chi connectivity index (χ2n) is 7.83. The predicted octanol–water partition coefficient (Wildman–Crippen LogP) is 5.57. The number of carbonyl (C=O) groups is 2. The van der Waals surface area contributed by atoms with Crippen LogP contribution >= 0.6 is 11.8 Å². The van der Waals surface area contributed by atoms with E-state index in [0.29, 0.717) is 5.75 Å². The molecule has 2 atom stereocenters. The first-order chi connectivity index (χ1) is 15.6. The molecule has 0 unspecified atom stereocenters. The number of carbonyl (C=O) groups excluding carboxylic acids is 2. The maximum Gasteiger partial charge on any atom is 0.414 e. The molecule has 6 heteroatoms. The van der Waals surface area contributed by atoms with Gasteiger partial charge in [0, 0.05) is 17.1 Å². The summed E-state index contributed by atoms with van der Waals surface area (Å²) in [5, 5.41) is 0. The van der Waals surface area contributed by atoms with Crippen LogP contribution < -0.4 is 0 Å². The van der Waals surface area contributed by atoms with Crippen LogP contribution in [0.15, 0.2) is 91.0 Å². The quantitative estimate of drug-likeness (QED) is 0.443. The third kappa shape index (κ3) is 4.81. The molecule has 3 aromatic rings. The van der Waals surface area contributed by atoms with Crippen LogP contribution in [-0.2, 0) is 26.6 Å². The van der Waals surface area contributed by atoms with Gasteiger partial charge in [-0.05, 0) is 18.1 Å². The van der Waals surface area contributed by atoms with Gasteiger partial charge in [-0.1, -0.05) is 91.0 Å². The average Bonchev–Trinajstić information content (AvgIpc) is 3.10. The van der Waals surface area contributed by atoms with Crippen LogP contribution in [0, 0.1) is 0 Å². The smallest absolute Gasteiger partial charge is 0.414 e. The lowest BCUT2D eigenvalue weighted by atomic mass is 10.0. The first-order valence-corrected chi connectivity index (χ1v) is 11.6. The summed E-state index contributed by atoms with van der Waals surface area (Å²) in [6.45, 7) is 1.87. The predicted molar refractivity (Wildman–Crippen MR) is 125 cm³/mol. The molecule has 3 aromatic carbocycles. The first-order valence-electron chi connectivity index (χ1n) is 10.5. The number of thioether (sulfide) groups is 1. The summed E-state index contributed by atoms with van der Waals surface area (Å²) < 4.78 is 11.3. The highest BCUT2D eigenvalue weighted by atomic mass is 32.2. The van der Waals surface area contributed by atoms with Crippen molar-refractivity contribution >= 4 is 23.8 Å². The van der Waals surface area contributed by atoms with Gasteiger partial charge in [-0.15, -0.1) is 0 Å². The fraction of sp³-hybridized carbons (Fsp3) is 0.231. The Bertz CT molecular complexity index is 1050. The summed E-state index contributed by atoms with van der Waals surface area (Å²) in [6.07, 6.45) is -1.40. The van der Waals surface area contributed by atoms with Crippen molar-refractivity contribution in [3.05, 3.63) is 108 Å². The largest absolute Gasteiger partial charge is 0.444 e. The number of benzene rings is 3. The van der Waals surface area contributed by atoms with E-state index < -0.39 is 23.8 Å². The van der Waals surface area contributed by atoms with Crippen molar-refractivity contribution in [2.24, 2.45) is 0 Å². The third-order valence-corrected chi connectivity index (χ3v) is 6.71. The molecule has 1 heterocycles. The SMILES string of the molecule is C[C@]1(CSCc2ccccc2)C(=O)O[C@H](c2ccccc2)N1C(=O)OCc1ccccc1. The van der Waals surface area contributed by atoms with Crippen LogP contribution in [-0.4, -0.2) is 28.3 Å². The minimum atomic E-state index is -1.15. The molecule has 5 nitrogen and oxygen atoms in total. The third-order valence-electron chi connectivity index (χ3n) is 5.41. The van der Waals surface area contributed by atoms with E-state index in [1.807, 2.05) is 91.0 Å². The molecule has 0 radical (unpaired) electrons. The van der Waals surface area contributed by atoms with Crippen LogP contribution in [0.3, 0.4) is 0 Å². The van der Waals surface area contributed by atoms with Gasteiger partial charge < -0.3 is 9.47 Å². The van der Waals surface area contributed by atoms with E-state index in [1.165, 1.54) is 4.90 Å². The molecule has 1 fully saturated rings. The van der Waals surface area contributed by atoms with Crippen LogP contribution in [0.25, 0.3) is 0 Å². The van der Waals surface area contributed by atoms with Crippen LogP contribution in [0.4, 0.5) is 4.79 Å². The van der Waals surface area contributed by atoms with Gasteiger partial charge in [0.15, 0.2) is 5.54 Å². The van der Waals surface area contributed by atoms with Crippen LogP contribution in [0.1, 0.15) is 29.8 Å².